The van der Waals surface area contributed by atoms with Crippen LogP contribution in [0.5, 0.6) is 0 Å². The quantitative estimate of drug-likeness (QED) is 0.320. The highest BCUT2D eigenvalue weighted by Gasteiger charge is 2.72. The van der Waals surface area contributed by atoms with Gasteiger partial charge in [-0.3, -0.25) is 19.3 Å². The minimum absolute atomic E-state index is 0.0827. The van der Waals surface area contributed by atoms with Gasteiger partial charge in [0, 0.05) is 41.4 Å². The average Bonchev–Trinajstić information content (AvgIpc) is 3.64. The number of rotatable bonds is 11. The summed E-state index contributed by atoms with van der Waals surface area (Å²) >= 11 is 12.3. The summed E-state index contributed by atoms with van der Waals surface area (Å²) in [7, 11) is 0. The Balaban J connectivity index is 1.22. The van der Waals surface area contributed by atoms with Crippen molar-refractivity contribution >= 4 is 46.6 Å². The molecule has 5 atom stereocenters. The number of anilines is 1. The predicted molar refractivity (Wildman–Crippen MR) is 171 cm³/mol. The maximum absolute atomic E-state index is 14.3. The number of amides is 3. The van der Waals surface area contributed by atoms with Gasteiger partial charge in [0.1, 0.15) is 11.6 Å². The molecule has 4 aliphatic rings. The Labute approximate surface area is 269 Å². The lowest BCUT2D eigenvalue weighted by atomic mass is 9.74. The number of nitrogens with one attached hydrogen (secondary N) is 2. The van der Waals surface area contributed by atoms with E-state index in [9.17, 15) is 14.4 Å². The molecule has 2 aromatic rings. The summed E-state index contributed by atoms with van der Waals surface area (Å²) in [5.74, 6) is -2.36. The van der Waals surface area contributed by atoms with Gasteiger partial charge in [-0.25, -0.2) is 0 Å². The normalized spacial score (nSPS) is 27.6. The van der Waals surface area contributed by atoms with Crippen LogP contribution in [0, 0.1) is 11.8 Å². The molecule has 2 bridgehead atoms. The summed E-state index contributed by atoms with van der Waals surface area (Å²) in [4.78, 5) is 46.1. The van der Waals surface area contributed by atoms with Gasteiger partial charge in [-0.05, 0) is 49.6 Å². The molecule has 10 heteroatoms. The van der Waals surface area contributed by atoms with Crippen molar-refractivity contribution < 1.29 is 19.1 Å². The number of ether oxygens (including phenoxy) is 1. The highest BCUT2D eigenvalue weighted by atomic mass is 35.5. The summed E-state index contributed by atoms with van der Waals surface area (Å²) in [6.45, 7) is 4.96. The van der Waals surface area contributed by atoms with E-state index in [4.69, 9.17) is 27.9 Å². The predicted octanol–water partition coefficient (Wildman–Crippen LogP) is 5.44. The minimum Gasteiger partial charge on any atom is -0.359 e. The van der Waals surface area contributed by atoms with Gasteiger partial charge in [-0.2, -0.15) is 0 Å². The van der Waals surface area contributed by atoms with Crippen LogP contribution in [0.3, 0.4) is 0 Å². The van der Waals surface area contributed by atoms with Gasteiger partial charge < -0.3 is 20.3 Å². The lowest BCUT2D eigenvalue weighted by Gasteiger charge is -2.34. The summed E-state index contributed by atoms with van der Waals surface area (Å²) < 4.78 is 6.50. The van der Waals surface area contributed by atoms with Crippen molar-refractivity contribution in [2.75, 3.05) is 25.0 Å². The Kier molecular flexibility index (Phi) is 9.34. The van der Waals surface area contributed by atoms with E-state index in [1.165, 1.54) is 12.0 Å². The number of fused-ring (bicyclic) bond motifs is 1. The van der Waals surface area contributed by atoms with Crippen LogP contribution in [0.15, 0.2) is 60.7 Å². The molecule has 0 aromatic heterocycles. The van der Waals surface area contributed by atoms with Crippen molar-refractivity contribution in [1.29, 1.82) is 0 Å². The van der Waals surface area contributed by atoms with E-state index in [0.29, 0.717) is 28.7 Å². The van der Waals surface area contributed by atoms with Crippen LogP contribution in [0.2, 0.25) is 10.0 Å². The van der Waals surface area contributed by atoms with Gasteiger partial charge in [-0.1, -0.05) is 91.9 Å². The molecule has 8 nitrogen and oxygen atoms in total. The Morgan fingerprint density at radius 1 is 1.05 bits per heavy atom. The molecule has 2 aromatic carbocycles. The molecule has 0 radical (unpaired) electrons. The Morgan fingerprint density at radius 3 is 2.48 bits per heavy atom. The van der Waals surface area contributed by atoms with Crippen LogP contribution in [-0.2, 0) is 25.7 Å². The van der Waals surface area contributed by atoms with Crippen molar-refractivity contribution in [2.45, 2.75) is 75.8 Å². The van der Waals surface area contributed by atoms with Crippen LogP contribution in [-0.4, -0.2) is 70.9 Å². The monoisotopic (exact) mass is 638 g/mol. The third kappa shape index (κ3) is 6.14. The number of hydrogen-bond acceptors (Lipinski definition) is 5. The molecule has 3 amide bonds. The van der Waals surface area contributed by atoms with E-state index >= 15 is 0 Å². The third-order valence-corrected chi connectivity index (χ3v) is 10.0. The first-order chi connectivity index (χ1) is 21.3. The molecule has 2 saturated heterocycles. The molecule has 44 heavy (non-hydrogen) atoms. The summed E-state index contributed by atoms with van der Waals surface area (Å²) in [6.07, 6.45) is 8.97. The second kappa shape index (κ2) is 13.2. The maximum atomic E-state index is 14.3. The van der Waals surface area contributed by atoms with Crippen molar-refractivity contribution in [1.82, 2.24) is 15.1 Å². The van der Waals surface area contributed by atoms with Crippen LogP contribution < -0.4 is 10.6 Å². The molecule has 3 unspecified atom stereocenters. The van der Waals surface area contributed by atoms with E-state index in [1.807, 2.05) is 30.4 Å². The number of halogens is 2. The van der Waals surface area contributed by atoms with Crippen molar-refractivity contribution in [3.8, 4) is 0 Å². The largest absolute Gasteiger partial charge is 0.359 e. The molecule has 3 aliphatic heterocycles. The zero-order valence-electron chi connectivity index (χ0n) is 25.0. The topological polar surface area (TPSA) is 91.0 Å². The van der Waals surface area contributed by atoms with Crippen LogP contribution >= 0.6 is 23.2 Å². The molecule has 234 valence electrons. The Morgan fingerprint density at radius 2 is 1.77 bits per heavy atom. The van der Waals surface area contributed by atoms with Crippen LogP contribution in [0.25, 0.3) is 0 Å². The highest BCUT2D eigenvalue weighted by Crippen LogP contribution is 2.55. The molecule has 6 rings (SSSR count). The SMILES string of the molecule is CCN(CCCN1C(=O)[C@H]2C(C(=O)Nc3cc(Cl)cc(Cl)c3)[C@H]3C=CC2(O3)C1C(=O)NC1CCCCC1)Cc1ccccc1. The first-order valence-electron chi connectivity index (χ1n) is 15.8. The number of benzene rings is 2. The van der Waals surface area contributed by atoms with Gasteiger partial charge in [0.05, 0.1) is 17.9 Å². The maximum Gasteiger partial charge on any atom is 0.246 e. The molecular formula is C34H40Cl2N4O4. The number of likely N-dealkylation sites (tertiary alicyclic amines) is 1. The van der Waals surface area contributed by atoms with E-state index in [1.54, 1.807) is 23.1 Å². The number of carbonyl (C=O) groups is 3. The Bertz CT molecular complexity index is 1390. The lowest BCUT2D eigenvalue weighted by Crippen LogP contribution is -2.56. The van der Waals surface area contributed by atoms with Crippen molar-refractivity contribution in [3.63, 3.8) is 0 Å². The number of carbonyl (C=O) groups excluding carboxylic acids is 3. The van der Waals surface area contributed by atoms with Gasteiger partial charge in [0.2, 0.25) is 17.7 Å². The van der Waals surface area contributed by atoms with E-state index in [2.05, 4.69) is 34.6 Å². The van der Waals surface area contributed by atoms with Gasteiger partial charge in [0.25, 0.3) is 0 Å². The summed E-state index contributed by atoms with van der Waals surface area (Å²) in [5, 5.41) is 6.93. The zero-order valence-corrected chi connectivity index (χ0v) is 26.5. The third-order valence-electron chi connectivity index (χ3n) is 9.58. The molecule has 3 fully saturated rings. The first kappa shape index (κ1) is 31.1. The molecule has 1 saturated carbocycles. The van der Waals surface area contributed by atoms with Gasteiger partial charge in [-0.15, -0.1) is 0 Å². The lowest BCUT2D eigenvalue weighted by molar-refractivity contribution is -0.141. The van der Waals surface area contributed by atoms with Gasteiger partial charge >= 0.3 is 0 Å². The van der Waals surface area contributed by atoms with E-state index in [0.717, 1.165) is 45.3 Å². The van der Waals surface area contributed by atoms with Crippen LogP contribution in [0.1, 0.15) is 51.0 Å². The van der Waals surface area contributed by atoms with E-state index in [-0.39, 0.29) is 23.8 Å². The van der Waals surface area contributed by atoms with Crippen molar-refractivity contribution in [2.24, 2.45) is 11.8 Å². The fraction of sp³-hybridized carbons (Fsp3) is 0.500. The second-order valence-electron chi connectivity index (χ2n) is 12.4. The zero-order chi connectivity index (χ0) is 30.8. The smallest absolute Gasteiger partial charge is 0.246 e. The second-order valence-corrected chi connectivity index (χ2v) is 13.3. The first-order valence-corrected chi connectivity index (χ1v) is 16.6. The number of nitrogens with zero attached hydrogens (tertiary/aromatic N) is 2. The molecule has 2 N–H and O–H groups in total. The van der Waals surface area contributed by atoms with E-state index < -0.39 is 29.6 Å². The molecule has 1 aliphatic carbocycles. The Hall–Kier alpha value is -2.91. The standard InChI is InChI=1S/C34H40Cl2N4O4/c1-2-39(21-22-10-5-3-6-11-22)16-9-17-40-30(32(42)37-25-12-7-4-8-13-25)34-15-14-27(44-34)28(29(34)33(40)43)31(41)38-26-19-23(35)18-24(36)20-26/h3,5-6,10-11,14-15,18-20,25,27-30H,2,4,7-9,12-13,16-17,21H2,1H3,(H,37,42)(H,38,41)/t27-,28?,29-,30?,34?/m1/s1. The van der Waals surface area contributed by atoms with Gasteiger partial charge in [0.15, 0.2) is 0 Å². The fourth-order valence-corrected chi connectivity index (χ4v) is 8.07. The van der Waals surface area contributed by atoms with Crippen LogP contribution in [0.4, 0.5) is 5.69 Å². The fourth-order valence-electron chi connectivity index (χ4n) is 7.54. The highest BCUT2D eigenvalue weighted by molar-refractivity contribution is 6.35. The minimum atomic E-state index is -1.19. The molecular weight excluding hydrogens is 599 g/mol. The number of hydrogen-bond donors (Lipinski definition) is 2. The molecule has 3 heterocycles. The molecule has 1 spiro atoms. The summed E-state index contributed by atoms with van der Waals surface area (Å²) in [6, 6.07) is 14.4. The average molecular weight is 640 g/mol. The summed E-state index contributed by atoms with van der Waals surface area (Å²) in [5.41, 5.74) is 0.485. The van der Waals surface area contributed by atoms with Crippen molar-refractivity contribution in [3.05, 3.63) is 76.3 Å².